The van der Waals surface area contributed by atoms with Gasteiger partial charge in [0.25, 0.3) is 0 Å². The second-order valence-corrected chi connectivity index (χ2v) is 8.61. The Balaban J connectivity index is 1.65. The number of Topliss-reactive ketones (excluding diaryl/α,β-unsaturated/α-hetero) is 1. The molecule has 0 spiro atoms. The van der Waals surface area contributed by atoms with Crippen LogP contribution in [0, 0.1) is 5.92 Å². The van der Waals surface area contributed by atoms with Gasteiger partial charge in [0.1, 0.15) is 22.3 Å². The molecule has 6 heteroatoms. The number of nitrogens with zero attached hydrogens (tertiary/aromatic N) is 3. The molecule has 29 heavy (non-hydrogen) atoms. The van der Waals surface area contributed by atoms with Gasteiger partial charge in [-0.15, -0.1) is 0 Å². The maximum Gasteiger partial charge on any atom is 0.161 e. The summed E-state index contributed by atoms with van der Waals surface area (Å²) in [5.41, 5.74) is 1.22. The molecule has 0 amide bonds. The Morgan fingerprint density at radius 3 is 2.59 bits per heavy atom. The van der Waals surface area contributed by atoms with Crippen LogP contribution in [0.2, 0.25) is 5.15 Å². The van der Waals surface area contributed by atoms with Crippen LogP contribution in [0.5, 0.6) is 0 Å². The molecule has 1 aromatic carbocycles. The molecule has 0 radical (unpaired) electrons. The van der Waals surface area contributed by atoms with Crippen molar-refractivity contribution in [3.8, 4) is 0 Å². The Bertz CT molecular complexity index is 980. The standard InChI is InChI=1S/C23H28ClN3O2/c1-16(2)15-27-21(25-19-12-13-20(24)26-22(19)27)11-7-10-18(28)14-23(3,29)17-8-5-4-6-9-17/h4-6,8-9,12-13,16,29H,7,10-11,14-15H2,1-3H3/t23-/m1/s1. The lowest BCUT2D eigenvalue weighted by Gasteiger charge is -2.23. The second kappa shape index (κ2) is 9.06. The van der Waals surface area contributed by atoms with E-state index in [9.17, 15) is 9.90 Å². The van der Waals surface area contributed by atoms with Crippen LogP contribution in [0.3, 0.4) is 0 Å². The molecule has 0 unspecified atom stereocenters. The number of benzene rings is 1. The number of aromatic nitrogens is 3. The predicted molar refractivity (Wildman–Crippen MR) is 116 cm³/mol. The zero-order valence-electron chi connectivity index (χ0n) is 17.2. The number of carbonyl (C=O) groups excluding carboxylic acids is 1. The first-order valence-corrected chi connectivity index (χ1v) is 10.5. The number of rotatable bonds is 9. The van der Waals surface area contributed by atoms with E-state index in [1.165, 1.54) is 0 Å². The minimum atomic E-state index is -1.15. The molecule has 0 bridgehead atoms. The zero-order chi connectivity index (χ0) is 21.0. The van der Waals surface area contributed by atoms with E-state index in [2.05, 4.69) is 23.4 Å². The summed E-state index contributed by atoms with van der Waals surface area (Å²) < 4.78 is 2.11. The largest absolute Gasteiger partial charge is 0.385 e. The van der Waals surface area contributed by atoms with Crippen molar-refractivity contribution in [3.63, 3.8) is 0 Å². The number of imidazole rings is 1. The summed E-state index contributed by atoms with van der Waals surface area (Å²) in [5, 5.41) is 11.1. The molecule has 0 aliphatic carbocycles. The van der Waals surface area contributed by atoms with E-state index in [4.69, 9.17) is 16.6 Å². The van der Waals surface area contributed by atoms with Gasteiger partial charge in [0.05, 0.1) is 5.60 Å². The molecule has 0 saturated heterocycles. The number of aryl methyl sites for hydroxylation is 1. The van der Waals surface area contributed by atoms with E-state index in [1.807, 2.05) is 36.4 Å². The van der Waals surface area contributed by atoms with Gasteiger partial charge in [-0.1, -0.05) is 55.8 Å². The van der Waals surface area contributed by atoms with Gasteiger partial charge in [-0.3, -0.25) is 4.79 Å². The average Bonchev–Trinajstić information content (AvgIpc) is 2.98. The van der Waals surface area contributed by atoms with Gasteiger partial charge in [-0.25, -0.2) is 9.97 Å². The van der Waals surface area contributed by atoms with E-state index in [-0.39, 0.29) is 12.2 Å². The number of carbonyl (C=O) groups is 1. The Morgan fingerprint density at radius 1 is 1.17 bits per heavy atom. The number of pyridine rings is 1. The summed E-state index contributed by atoms with van der Waals surface area (Å²) in [6.07, 6.45) is 1.87. The molecule has 0 fully saturated rings. The van der Waals surface area contributed by atoms with Gasteiger partial charge in [-0.2, -0.15) is 0 Å². The fraction of sp³-hybridized carbons (Fsp3) is 0.435. The molecule has 154 valence electrons. The third kappa shape index (κ3) is 5.43. The number of halogens is 1. The lowest BCUT2D eigenvalue weighted by molar-refractivity contribution is -0.123. The van der Waals surface area contributed by atoms with Crippen LogP contribution in [0.15, 0.2) is 42.5 Å². The maximum absolute atomic E-state index is 12.5. The first-order chi connectivity index (χ1) is 13.8. The molecule has 0 aliphatic rings. The van der Waals surface area contributed by atoms with E-state index in [0.29, 0.717) is 30.3 Å². The molecular formula is C23H28ClN3O2. The highest BCUT2D eigenvalue weighted by molar-refractivity contribution is 6.29. The molecule has 0 saturated carbocycles. The number of aliphatic hydroxyl groups is 1. The minimum Gasteiger partial charge on any atom is -0.385 e. The summed E-state index contributed by atoms with van der Waals surface area (Å²) in [5.74, 6) is 1.41. The maximum atomic E-state index is 12.5. The quantitative estimate of drug-likeness (QED) is 0.505. The molecule has 0 aliphatic heterocycles. The molecule has 2 heterocycles. The van der Waals surface area contributed by atoms with Crippen LogP contribution in [-0.4, -0.2) is 25.4 Å². The minimum absolute atomic E-state index is 0.0477. The van der Waals surface area contributed by atoms with Gasteiger partial charge < -0.3 is 9.67 Å². The Morgan fingerprint density at radius 2 is 1.90 bits per heavy atom. The molecule has 5 nitrogen and oxygen atoms in total. The average molecular weight is 414 g/mol. The topological polar surface area (TPSA) is 68.0 Å². The van der Waals surface area contributed by atoms with Gasteiger partial charge in [-0.05, 0) is 37.0 Å². The van der Waals surface area contributed by atoms with Crippen LogP contribution >= 0.6 is 11.6 Å². The van der Waals surface area contributed by atoms with Crippen molar-refractivity contribution in [1.82, 2.24) is 14.5 Å². The van der Waals surface area contributed by atoms with Crippen LogP contribution in [0.4, 0.5) is 0 Å². The third-order valence-corrected chi connectivity index (χ3v) is 5.19. The Hall–Kier alpha value is -2.24. The Kier molecular flexibility index (Phi) is 6.70. The Labute approximate surface area is 176 Å². The summed E-state index contributed by atoms with van der Waals surface area (Å²) in [6, 6.07) is 13.0. The highest BCUT2D eigenvalue weighted by Gasteiger charge is 2.26. The fourth-order valence-corrected chi connectivity index (χ4v) is 3.73. The van der Waals surface area contributed by atoms with E-state index in [1.54, 1.807) is 13.0 Å². The molecule has 1 atom stereocenters. The van der Waals surface area contributed by atoms with E-state index < -0.39 is 5.60 Å². The van der Waals surface area contributed by atoms with Gasteiger partial charge in [0.15, 0.2) is 5.65 Å². The lowest BCUT2D eigenvalue weighted by Crippen LogP contribution is -2.25. The third-order valence-electron chi connectivity index (χ3n) is 4.98. The van der Waals surface area contributed by atoms with Gasteiger partial charge in [0, 0.05) is 25.8 Å². The number of hydrogen-bond donors (Lipinski definition) is 1. The number of fused-ring (bicyclic) bond motifs is 1. The summed E-state index contributed by atoms with van der Waals surface area (Å²) in [4.78, 5) is 21.6. The predicted octanol–water partition coefficient (Wildman–Crippen LogP) is 4.93. The van der Waals surface area contributed by atoms with Crippen molar-refractivity contribution in [2.75, 3.05) is 0 Å². The van der Waals surface area contributed by atoms with Crippen LogP contribution in [0.25, 0.3) is 11.2 Å². The molecule has 3 aromatic rings. The number of ketones is 1. The molecule has 1 N–H and O–H groups in total. The van der Waals surface area contributed by atoms with Crippen molar-refractivity contribution in [2.45, 2.75) is 58.6 Å². The summed E-state index contributed by atoms with van der Waals surface area (Å²) >= 11 is 6.07. The first-order valence-electron chi connectivity index (χ1n) is 10.1. The van der Waals surface area contributed by atoms with E-state index in [0.717, 1.165) is 29.1 Å². The summed E-state index contributed by atoms with van der Waals surface area (Å²) in [7, 11) is 0. The molecule has 2 aromatic heterocycles. The fourth-order valence-electron chi connectivity index (χ4n) is 3.59. The van der Waals surface area contributed by atoms with Crippen LogP contribution < -0.4 is 0 Å². The van der Waals surface area contributed by atoms with Crippen molar-refractivity contribution >= 4 is 28.5 Å². The second-order valence-electron chi connectivity index (χ2n) is 8.22. The zero-order valence-corrected chi connectivity index (χ0v) is 18.0. The lowest BCUT2D eigenvalue weighted by atomic mass is 9.89. The van der Waals surface area contributed by atoms with Gasteiger partial charge >= 0.3 is 0 Å². The van der Waals surface area contributed by atoms with Gasteiger partial charge in [0.2, 0.25) is 0 Å². The smallest absolute Gasteiger partial charge is 0.161 e. The highest BCUT2D eigenvalue weighted by Crippen LogP contribution is 2.26. The molecule has 3 rings (SSSR count). The van der Waals surface area contributed by atoms with E-state index >= 15 is 0 Å². The van der Waals surface area contributed by atoms with Crippen molar-refractivity contribution in [1.29, 1.82) is 0 Å². The monoisotopic (exact) mass is 413 g/mol. The normalized spacial score (nSPS) is 13.7. The molecular weight excluding hydrogens is 386 g/mol. The SMILES string of the molecule is CC(C)Cn1c(CCCC(=O)C[C@@](C)(O)c2ccccc2)nc2ccc(Cl)nc21. The van der Waals surface area contributed by atoms with Crippen molar-refractivity contribution < 1.29 is 9.90 Å². The summed E-state index contributed by atoms with van der Waals surface area (Å²) in [6.45, 7) is 6.79. The van der Waals surface area contributed by atoms with Crippen LogP contribution in [0.1, 0.15) is 51.4 Å². The van der Waals surface area contributed by atoms with Crippen molar-refractivity contribution in [2.24, 2.45) is 5.92 Å². The van der Waals surface area contributed by atoms with Crippen LogP contribution in [-0.2, 0) is 23.4 Å². The number of hydrogen-bond acceptors (Lipinski definition) is 4. The van der Waals surface area contributed by atoms with Crippen molar-refractivity contribution in [3.05, 3.63) is 59.0 Å². The first kappa shape index (κ1) is 21.5. The highest BCUT2D eigenvalue weighted by atomic mass is 35.5.